The van der Waals surface area contributed by atoms with Gasteiger partial charge in [-0.15, -0.1) is 11.3 Å². The minimum atomic E-state index is -1.01. The number of aliphatic hydroxyl groups is 1. The van der Waals surface area contributed by atoms with Crippen molar-refractivity contribution < 1.29 is 19.7 Å². The summed E-state index contributed by atoms with van der Waals surface area (Å²) in [6.07, 6.45) is 7.43. The molecule has 5 nitrogen and oxygen atoms in total. The third kappa shape index (κ3) is 2.21. The zero-order valence-electron chi connectivity index (χ0n) is 20.8. The normalized spacial score (nSPS) is 42.5. The van der Waals surface area contributed by atoms with E-state index in [1.165, 1.54) is 29.5 Å². The monoisotopic (exact) mass is 493 g/mol. The Balaban J connectivity index is 1.41. The standard InChI is InChI=1S/C29H35NO4S/c1-16-13-19(31)24-23-18(16)14-21-27-8-9-29(33-3,20(15-27)26(2,32)22-5-4-12-35-22)25(34-24)28(23,27)10-11-30(21)17-6-7-17/h4-5,12-13,17,20-21,25,31-32H,6-11,14-15H2,1-3H3/t20-,21?,25+,26+,27?,28+,29-/m1/s1. The molecule has 7 atom stereocenters. The Kier molecular flexibility index (Phi) is 3.96. The number of piperidine rings is 1. The first-order chi connectivity index (χ1) is 16.8. The second-order valence-corrected chi connectivity index (χ2v) is 13.4. The van der Waals surface area contributed by atoms with E-state index in [0.29, 0.717) is 17.8 Å². The molecule has 2 spiro atoms. The van der Waals surface area contributed by atoms with Crippen molar-refractivity contribution in [3.63, 3.8) is 0 Å². The number of aryl methyl sites for hydroxylation is 1. The van der Waals surface area contributed by atoms with Crippen LogP contribution in [0.4, 0.5) is 0 Å². The number of nitrogens with zero attached hydrogens (tertiary/aromatic N) is 1. The average molecular weight is 494 g/mol. The molecule has 9 rings (SSSR count). The molecule has 1 aromatic heterocycles. The summed E-state index contributed by atoms with van der Waals surface area (Å²) in [7, 11) is 1.82. The number of phenols is 1. The van der Waals surface area contributed by atoms with Gasteiger partial charge in [0, 0.05) is 46.4 Å². The number of aromatic hydroxyl groups is 1. The molecule has 2 aliphatic heterocycles. The average Bonchev–Trinajstić information content (AvgIpc) is 3.37. The largest absolute Gasteiger partial charge is 0.504 e. The summed E-state index contributed by atoms with van der Waals surface area (Å²) in [6, 6.07) is 7.18. The highest BCUT2D eigenvalue weighted by atomic mass is 32.1. The van der Waals surface area contributed by atoms with Crippen molar-refractivity contribution in [3.8, 4) is 11.5 Å². The van der Waals surface area contributed by atoms with Gasteiger partial charge < -0.3 is 19.7 Å². The number of methoxy groups -OCH3 is 1. The van der Waals surface area contributed by atoms with E-state index < -0.39 is 11.2 Å². The molecule has 3 heterocycles. The first-order valence-electron chi connectivity index (χ1n) is 13.4. The van der Waals surface area contributed by atoms with Gasteiger partial charge in [-0.1, -0.05) is 6.07 Å². The Morgan fingerprint density at radius 1 is 1.26 bits per heavy atom. The predicted octanol–water partition coefficient (Wildman–Crippen LogP) is 4.65. The van der Waals surface area contributed by atoms with E-state index in [0.717, 1.165) is 43.5 Å². The highest BCUT2D eigenvalue weighted by Crippen LogP contribution is 2.78. The van der Waals surface area contributed by atoms with Gasteiger partial charge in [0.2, 0.25) is 0 Å². The van der Waals surface area contributed by atoms with Crippen LogP contribution in [-0.2, 0) is 22.2 Å². The molecule has 0 radical (unpaired) electrons. The smallest absolute Gasteiger partial charge is 0.165 e. The molecule has 186 valence electrons. The van der Waals surface area contributed by atoms with Crippen LogP contribution in [0.25, 0.3) is 0 Å². The van der Waals surface area contributed by atoms with Crippen LogP contribution in [0.2, 0.25) is 0 Å². The molecule has 4 bridgehead atoms. The highest BCUT2D eigenvalue weighted by molar-refractivity contribution is 7.10. The maximum Gasteiger partial charge on any atom is 0.165 e. The predicted molar refractivity (Wildman–Crippen MR) is 134 cm³/mol. The van der Waals surface area contributed by atoms with Gasteiger partial charge in [0.05, 0.1) is 0 Å². The number of likely N-dealkylation sites (tertiary alicyclic amines) is 1. The highest BCUT2D eigenvalue weighted by Gasteiger charge is 2.82. The lowest BCUT2D eigenvalue weighted by Gasteiger charge is -2.75. The van der Waals surface area contributed by atoms with E-state index in [4.69, 9.17) is 9.47 Å². The Morgan fingerprint density at radius 2 is 2.09 bits per heavy atom. The van der Waals surface area contributed by atoms with E-state index in [-0.39, 0.29) is 28.6 Å². The fourth-order valence-corrected chi connectivity index (χ4v) is 10.8. The lowest BCUT2D eigenvalue weighted by molar-refractivity contribution is -0.304. The van der Waals surface area contributed by atoms with Gasteiger partial charge in [-0.3, -0.25) is 4.90 Å². The minimum Gasteiger partial charge on any atom is -0.504 e. The number of rotatable bonds is 4. The minimum absolute atomic E-state index is 0.0170. The molecule has 7 aliphatic rings. The Labute approximate surface area is 211 Å². The van der Waals surface area contributed by atoms with Gasteiger partial charge >= 0.3 is 0 Å². The molecule has 2 unspecified atom stereocenters. The van der Waals surface area contributed by atoms with Crippen molar-refractivity contribution in [2.24, 2.45) is 11.3 Å². The summed E-state index contributed by atoms with van der Waals surface area (Å²) < 4.78 is 13.5. The van der Waals surface area contributed by atoms with Crippen LogP contribution in [-0.4, -0.2) is 52.6 Å². The topological polar surface area (TPSA) is 62.2 Å². The quantitative estimate of drug-likeness (QED) is 0.650. The molecule has 4 saturated carbocycles. The van der Waals surface area contributed by atoms with Crippen molar-refractivity contribution in [2.45, 2.75) is 93.6 Å². The number of hydrogen-bond donors (Lipinski definition) is 2. The van der Waals surface area contributed by atoms with Crippen molar-refractivity contribution in [2.75, 3.05) is 13.7 Å². The van der Waals surface area contributed by atoms with Crippen molar-refractivity contribution in [3.05, 3.63) is 45.1 Å². The van der Waals surface area contributed by atoms with E-state index in [2.05, 4.69) is 23.3 Å². The van der Waals surface area contributed by atoms with Crippen LogP contribution >= 0.6 is 11.3 Å². The Hall–Kier alpha value is -1.60. The van der Waals surface area contributed by atoms with E-state index in [1.807, 2.05) is 26.2 Å². The third-order valence-corrected chi connectivity index (χ3v) is 12.6. The number of fused-ring (bicyclic) bond motifs is 2. The van der Waals surface area contributed by atoms with E-state index >= 15 is 0 Å². The van der Waals surface area contributed by atoms with Crippen LogP contribution in [0.15, 0.2) is 23.6 Å². The van der Waals surface area contributed by atoms with Gasteiger partial charge in [-0.2, -0.15) is 0 Å². The van der Waals surface area contributed by atoms with Gasteiger partial charge in [0.15, 0.2) is 11.5 Å². The molecule has 0 amide bonds. The number of thiophene rings is 1. The fourth-order valence-electron chi connectivity index (χ4n) is 10.00. The summed E-state index contributed by atoms with van der Waals surface area (Å²) in [5.74, 6) is 0.903. The summed E-state index contributed by atoms with van der Waals surface area (Å²) in [4.78, 5) is 3.85. The molecular weight excluding hydrogens is 458 g/mol. The van der Waals surface area contributed by atoms with Crippen LogP contribution in [0.5, 0.6) is 11.5 Å². The molecular formula is C29H35NO4S. The Bertz CT molecular complexity index is 1240. The summed E-state index contributed by atoms with van der Waals surface area (Å²) in [5.41, 5.74) is 2.14. The summed E-state index contributed by atoms with van der Waals surface area (Å²) in [5, 5.41) is 25.4. The van der Waals surface area contributed by atoms with E-state index in [9.17, 15) is 10.2 Å². The molecule has 6 heteroatoms. The molecule has 1 saturated heterocycles. The fraction of sp³-hybridized carbons (Fsp3) is 0.655. The van der Waals surface area contributed by atoms with Crippen LogP contribution in [0.3, 0.4) is 0 Å². The molecule has 1 aromatic carbocycles. The first-order valence-corrected chi connectivity index (χ1v) is 14.3. The van der Waals surface area contributed by atoms with Crippen LogP contribution in [0, 0.1) is 18.3 Å². The molecule has 2 N–H and O–H groups in total. The number of ether oxygens (including phenoxy) is 2. The number of phenolic OH excluding ortho intramolecular Hbond substituents is 1. The van der Waals surface area contributed by atoms with Gasteiger partial charge in [-0.05, 0) is 94.0 Å². The Morgan fingerprint density at radius 3 is 2.80 bits per heavy atom. The molecule has 5 aliphatic carbocycles. The lowest BCUT2D eigenvalue weighted by Crippen LogP contribution is -2.82. The second kappa shape index (κ2) is 6.45. The second-order valence-electron chi connectivity index (χ2n) is 12.5. The maximum atomic E-state index is 12.2. The third-order valence-electron chi connectivity index (χ3n) is 11.5. The van der Waals surface area contributed by atoms with Gasteiger partial charge in [-0.25, -0.2) is 0 Å². The van der Waals surface area contributed by atoms with Crippen molar-refractivity contribution in [1.29, 1.82) is 0 Å². The van der Waals surface area contributed by atoms with Gasteiger partial charge in [0.25, 0.3) is 0 Å². The van der Waals surface area contributed by atoms with E-state index in [1.54, 1.807) is 11.3 Å². The summed E-state index contributed by atoms with van der Waals surface area (Å²) in [6.45, 7) is 5.25. The van der Waals surface area contributed by atoms with Crippen molar-refractivity contribution >= 4 is 11.3 Å². The molecule has 5 fully saturated rings. The zero-order chi connectivity index (χ0) is 24.0. The van der Waals surface area contributed by atoms with Crippen LogP contribution < -0.4 is 4.74 Å². The lowest BCUT2D eigenvalue weighted by atomic mass is 9.33. The SMILES string of the molecule is CO[C@]12CCC3(C[C@@H]1[C@](C)(O)c1cccs1)C1Cc4c(C)cc(O)c5c4[C@@]3(CCN1C1CC1)[C@@H]2O5. The molecule has 35 heavy (non-hydrogen) atoms. The maximum absolute atomic E-state index is 12.2. The number of benzene rings is 1. The summed E-state index contributed by atoms with van der Waals surface area (Å²) >= 11 is 1.63. The molecule has 2 aromatic rings. The van der Waals surface area contributed by atoms with Crippen LogP contribution in [0.1, 0.15) is 67.0 Å². The van der Waals surface area contributed by atoms with Crippen molar-refractivity contribution in [1.82, 2.24) is 4.90 Å². The zero-order valence-corrected chi connectivity index (χ0v) is 21.7. The first kappa shape index (κ1) is 21.5. The number of hydrogen-bond acceptors (Lipinski definition) is 6. The van der Waals surface area contributed by atoms with Gasteiger partial charge in [0.1, 0.15) is 17.3 Å².